The van der Waals surface area contributed by atoms with Crippen molar-refractivity contribution in [2.24, 2.45) is 44.3 Å². The summed E-state index contributed by atoms with van der Waals surface area (Å²) in [6.45, 7) is 15.6. The highest BCUT2D eigenvalue weighted by molar-refractivity contribution is 5.75. The maximum atomic E-state index is 12.5. The molecule has 0 aromatic rings. The number of aliphatic hydroxyl groups is 5. The molecule has 0 aromatic heterocycles. The maximum absolute atomic E-state index is 12.5. The zero-order valence-electron chi connectivity index (χ0n) is 34.0. The first kappa shape index (κ1) is 42.6. The minimum Gasteiger partial charge on any atom is -0.481 e. The van der Waals surface area contributed by atoms with Crippen molar-refractivity contribution in [3.05, 3.63) is 23.3 Å². The number of carboxylic acid groups (broad SMARTS) is 3. The van der Waals surface area contributed by atoms with E-state index >= 15 is 0 Å². The average molecular weight is 807 g/mol. The van der Waals surface area contributed by atoms with E-state index in [4.69, 9.17) is 18.9 Å². The van der Waals surface area contributed by atoms with Crippen LogP contribution in [0, 0.1) is 44.3 Å². The fourth-order valence-corrected chi connectivity index (χ4v) is 13.0. The Bertz CT molecular complexity index is 1710. The van der Waals surface area contributed by atoms with Crippen LogP contribution in [0.25, 0.3) is 0 Å². The maximum Gasteiger partial charge on any atom is 0.335 e. The molecule has 0 aromatic carbocycles. The van der Waals surface area contributed by atoms with Gasteiger partial charge in [0.05, 0.1) is 11.5 Å². The molecule has 2 saturated heterocycles. The molecule has 2 aliphatic heterocycles. The van der Waals surface area contributed by atoms with Gasteiger partial charge in [0.15, 0.2) is 24.8 Å². The van der Waals surface area contributed by atoms with E-state index < -0.39 is 90.8 Å². The highest BCUT2D eigenvalue weighted by Crippen LogP contribution is 2.74. The van der Waals surface area contributed by atoms with E-state index in [0.717, 1.165) is 32.1 Å². The summed E-state index contributed by atoms with van der Waals surface area (Å²) in [5.74, 6) is -3.64. The van der Waals surface area contributed by atoms with Crippen LogP contribution in [-0.4, -0.2) is 126 Å². The van der Waals surface area contributed by atoms with E-state index in [2.05, 4.69) is 53.7 Å². The summed E-state index contributed by atoms with van der Waals surface area (Å²) in [7, 11) is 0. The van der Waals surface area contributed by atoms with Gasteiger partial charge in [0.2, 0.25) is 0 Å². The number of hydrogen-bond donors (Lipinski definition) is 8. The Morgan fingerprint density at radius 2 is 1.30 bits per heavy atom. The molecule has 3 saturated carbocycles. The quantitative estimate of drug-likeness (QED) is 0.172. The molecule has 320 valence electrons. The number of fused-ring (bicyclic) bond motifs is 6. The molecule has 0 radical (unpaired) electrons. The third-order valence-electron chi connectivity index (χ3n) is 16.6. The molecule has 0 amide bonds. The second-order valence-electron chi connectivity index (χ2n) is 20.4. The highest BCUT2D eigenvalue weighted by Gasteiger charge is 2.67. The van der Waals surface area contributed by atoms with Crippen LogP contribution >= 0.6 is 0 Å². The van der Waals surface area contributed by atoms with Gasteiger partial charge in [0.1, 0.15) is 36.6 Å². The topological polar surface area (TPSA) is 250 Å². The Morgan fingerprint density at radius 3 is 1.91 bits per heavy atom. The molecule has 0 unspecified atom stereocenters. The van der Waals surface area contributed by atoms with Crippen molar-refractivity contribution in [1.29, 1.82) is 0 Å². The van der Waals surface area contributed by atoms with Gasteiger partial charge in [-0.05, 0) is 109 Å². The van der Waals surface area contributed by atoms with E-state index in [9.17, 15) is 55.2 Å². The summed E-state index contributed by atoms with van der Waals surface area (Å²) in [6.07, 6.45) is -8.28. The molecule has 5 fully saturated rings. The lowest BCUT2D eigenvalue weighted by molar-refractivity contribution is -0.368. The zero-order valence-corrected chi connectivity index (χ0v) is 34.0. The fourth-order valence-electron chi connectivity index (χ4n) is 13.0. The van der Waals surface area contributed by atoms with E-state index in [1.807, 2.05) is 6.92 Å². The molecule has 15 nitrogen and oxygen atoms in total. The normalized spacial score (nSPS) is 51.8. The van der Waals surface area contributed by atoms with Crippen LogP contribution < -0.4 is 0 Å². The molecule has 18 atom stereocenters. The molecule has 5 aliphatic carbocycles. The summed E-state index contributed by atoms with van der Waals surface area (Å²) in [5, 5.41) is 83.3. The lowest BCUT2D eigenvalue weighted by atomic mass is 9.35. The number of carboxylic acids is 3. The van der Waals surface area contributed by atoms with Crippen LogP contribution in [0.15, 0.2) is 23.3 Å². The number of hydrogen-bond acceptors (Lipinski definition) is 12. The fraction of sp³-hybridized carbons (Fsp3) is 0.833. The lowest BCUT2D eigenvalue weighted by Gasteiger charge is -2.69. The van der Waals surface area contributed by atoms with Gasteiger partial charge in [-0.15, -0.1) is 0 Å². The predicted molar refractivity (Wildman–Crippen MR) is 199 cm³/mol. The van der Waals surface area contributed by atoms with Gasteiger partial charge in [0, 0.05) is 0 Å². The summed E-state index contributed by atoms with van der Waals surface area (Å²) < 4.78 is 23.6. The average Bonchev–Trinajstić information content (AvgIpc) is 3.11. The number of aliphatic carboxylic acids is 3. The zero-order chi connectivity index (χ0) is 42.0. The number of ether oxygens (including phenoxy) is 4. The molecule has 8 N–H and O–H groups in total. The van der Waals surface area contributed by atoms with Crippen molar-refractivity contribution in [1.82, 2.24) is 0 Å². The molecule has 57 heavy (non-hydrogen) atoms. The van der Waals surface area contributed by atoms with Gasteiger partial charge >= 0.3 is 17.9 Å². The first-order chi connectivity index (χ1) is 26.3. The molecule has 7 rings (SSSR count). The summed E-state index contributed by atoms with van der Waals surface area (Å²) in [5.41, 5.74) is 0.607. The number of carbonyl (C=O) groups is 3. The van der Waals surface area contributed by atoms with Crippen molar-refractivity contribution in [3.63, 3.8) is 0 Å². The largest absolute Gasteiger partial charge is 0.481 e. The summed E-state index contributed by atoms with van der Waals surface area (Å²) >= 11 is 0. The van der Waals surface area contributed by atoms with E-state index in [-0.39, 0.29) is 38.9 Å². The van der Waals surface area contributed by atoms with Crippen LogP contribution in [0.4, 0.5) is 0 Å². The predicted octanol–water partition coefficient (Wildman–Crippen LogP) is 2.99. The number of allylic oxidation sites excluding steroid dienone is 4. The second kappa shape index (κ2) is 14.1. The minimum atomic E-state index is -2.02. The van der Waals surface area contributed by atoms with Gasteiger partial charge in [0.25, 0.3) is 0 Å². The third-order valence-corrected chi connectivity index (χ3v) is 16.6. The minimum absolute atomic E-state index is 0.0556. The van der Waals surface area contributed by atoms with Crippen molar-refractivity contribution in [2.45, 2.75) is 174 Å². The smallest absolute Gasteiger partial charge is 0.335 e. The molecule has 7 aliphatic rings. The number of rotatable bonds is 7. The molecular formula is C42H62O15. The Kier molecular flexibility index (Phi) is 10.5. The first-order valence-electron chi connectivity index (χ1n) is 20.5. The molecule has 0 bridgehead atoms. The van der Waals surface area contributed by atoms with Crippen LogP contribution in [0.5, 0.6) is 0 Å². The number of aliphatic hydroxyl groups excluding tert-OH is 5. The van der Waals surface area contributed by atoms with Crippen LogP contribution in [0.3, 0.4) is 0 Å². The summed E-state index contributed by atoms with van der Waals surface area (Å²) in [4.78, 5) is 36.6. The Labute approximate surface area is 333 Å². The van der Waals surface area contributed by atoms with Gasteiger partial charge < -0.3 is 59.8 Å². The Hall–Kier alpha value is -2.47. The Morgan fingerprint density at radius 1 is 0.702 bits per heavy atom. The van der Waals surface area contributed by atoms with Crippen LogP contribution in [0.1, 0.15) is 106 Å². The Balaban J connectivity index is 1.22. The van der Waals surface area contributed by atoms with E-state index in [1.165, 1.54) is 11.1 Å². The van der Waals surface area contributed by atoms with E-state index in [0.29, 0.717) is 25.7 Å². The van der Waals surface area contributed by atoms with Crippen molar-refractivity contribution in [2.75, 3.05) is 0 Å². The molecule has 0 spiro atoms. The summed E-state index contributed by atoms with van der Waals surface area (Å²) in [6, 6.07) is 0. The van der Waals surface area contributed by atoms with Crippen LogP contribution in [0.2, 0.25) is 0 Å². The monoisotopic (exact) mass is 806 g/mol. The van der Waals surface area contributed by atoms with Gasteiger partial charge in [-0.3, -0.25) is 4.79 Å². The standard InChI is InChI=1S/C42H62O15/c1-37(2)16-19(54-35-31(27(46)26(45)30(56-35)33(50)51)57-34-28(47)24(43)25(44)29(55-34)32(48)49)17-40(5)22(37)10-11-42(7)23(40)9-8-20-21-18-39(4,36(52)53)13-12-38(21,3)14-15-41(20,42)6/h8-9,19,22-31,34-35,43-47H,10-18H2,1-7H3,(H,48,49)(H,50,51)(H,52,53)/t19-,22+,23-,24+,25+,26+,27+,28-,29+,30+,31-,34+,35-,38-,39+,40+,41-,42-/m1/s1. The molecule has 2 heterocycles. The van der Waals surface area contributed by atoms with Gasteiger partial charge in [-0.1, -0.05) is 59.3 Å². The molecule has 15 heteroatoms. The first-order valence-corrected chi connectivity index (χ1v) is 20.5. The third kappa shape index (κ3) is 6.44. The van der Waals surface area contributed by atoms with Gasteiger partial charge in [-0.2, -0.15) is 0 Å². The SMILES string of the molecule is CC1(C)C[C@@H](O[C@@H]2O[C@H](C(=O)O)[C@@H](O)[C@H](O)[C@H]2O[C@@H]2O[C@H](C(=O)O)[C@@H](O)[C@H](O)[C@H]2O)C[C@]2(C)[C@H]3C=CC4=C5C[C@@](C)(C(=O)O)CC[C@]5(C)CC[C@@]4(C)[C@]3(C)CC[C@@H]12. The molecular weight excluding hydrogens is 744 g/mol. The van der Waals surface area contributed by atoms with Crippen molar-refractivity contribution in [3.8, 4) is 0 Å². The van der Waals surface area contributed by atoms with Crippen molar-refractivity contribution >= 4 is 17.9 Å². The van der Waals surface area contributed by atoms with Crippen molar-refractivity contribution < 1.29 is 74.2 Å². The van der Waals surface area contributed by atoms with Crippen LogP contribution in [-0.2, 0) is 33.3 Å². The van der Waals surface area contributed by atoms with E-state index in [1.54, 1.807) is 0 Å². The highest BCUT2D eigenvalue weighted by atomic mass is 16.8. The second-order valence-corrected chi connectivity index (χ2v) is 20.4. The van der Waals surface area contributed by atoms with Gasteiger partial charge in [-0.25, -0.2) is 9.59 Å². The lowest BCUT2D eigenvalue weighted by Crippen LogP contribution is -2.66.